The zero-order valence-electron chi connectivity index (χ0n) is 7.74. The topological polar surface area (TPSA) is 51.8 Å². The lowest BCUT2D eigenvalue weighted by Gasteiger charge is -2.14. The van der Waals surface area contributed by atoms with E-state index in [1.807, 2.05) is 13.8 Å². The SMILES string of the molecule is CCC(c1nnc(C)s1)C(C)N. The van der Waals surface area contributed by atoms with Gasteiger partial charge in [0.15, 0.2) is 0 Å². The lowest BCUT2D eigenvalue weighted by Crippen LogP contribution is -2.24. The Bertz CT molecular complexity index is 244. The van der Waals surface area contributed by atoms with Gasteiger partial charge in [-0.3, -0.25) is 0 Å². The molecule has 0 saturated heterocycles. The van der Waals surface area contributed by atoms with Crippen LogP contribution in [0, 0.1) is 6.92 Å². The smallest absolute Gasteiger partial charge is 0.122 e. The predicted octanol–water partition coefficient (Wildman–Crippen LogP) is 1.69. The van der Waals surface area contributed by atoms with E-state index in [9.17, 15) is 0 Å². The van der Waals surface area contributed by atoms with Crippen molar-refractivity contribution >= 4 is 11.3 Å². The average Bonchev–Trinajstić information content (AvgIpc) is 2.37. The van der Waals surface area contributed by atoms with Crippen LogP contribution in [0.5, 0.6) is 0 Å². The summed E-state index contributed by atoms with van der Waals surface area (Å²) in [5, 5.41) is 10.2. The molecule has 0 aromatic carbocycles. The van der Waals surface area contributed by atoms with Gasteiger partial charge in [0.2, 0.25) is 0 Å². The van der Waals surface area contributed by atoms with Crippen LogP contribution >= 0.6 is 11.3 Å². The predicted molar refractivity (Wildman–Crippen MR) is 51.3 cm³/mol. The van der Waals surface area contributed by atoms with Crippen molar-refractivity contribution in [2.75, 3.05) is 0 Å². The average molecular weight is 185 g/mol. The largest absolute Gasteiger partial charge is 0.327 e. The highest BCUT2D eigenvalue weighted by Crippen LogP contribution is 2.24. The van der Waals surface area contributed by atoms with Crippen molar-refractivity contribution in [1.29, 1.82) is 0 Å². The third-order valence-corrected chi connectivity index (χ3v) is 2.90. The molecule has 0 bridgehead atoms. The Morgan fingerprint density at radius 2 is 2.17 bits per heavy atom. The lowest BCUT2D eigenvalue weighted by atomic mass is 10.0. The fourth-order valence-corrected chi connectivity index (χ4v) is 2.23. The molecule has 0 fully saturated rings. The molecule has 1 rings (SSSR count). The number of nitrogens with two attached hydrogens (primary N) is 1. The minimum Gasteiger partial charge on any atom is -0.327 e. The van der Waals surface area contributed by atoms with E-state index < -0.39 is 0 Å². The molecule has 0 saturated carbocycles. The Morgan fingerprint density at radius 3 is 2.50 bits per heavy atom. The van der Waals surface area contributed by atoms with E-state index in [1.165, 1.54) is 0 Å². The molecule has 68 valence electrons. The Hall–Kier alpha value is -0.480. The second-order valence-corrected chi connectivity index (χ2v) is 4.25. The maximum atomic E-state index is 5.83. The number of rotatable bonds is 3. The van der Waals surface area contributed by atoms with Crippen LogP contribution in [0.2, 0.25) is 0 Å². The van der Waals surface area contributed by atoms with Crippen LogP contribution in [0.4, 0.5) is 0 Å². The van der Waals surface area contributed by atoms with Gasteiger partial charge in [-0.1, -0.05) is 6.92 Å². The molecule has 2 unspecified atom stereocenters. The van der Waals surface area contributed by atoms with Crippen molar-refractivity contribution in [3.8, 4) is 0 Å². The van der Waals surface area contributed by atoms with E-state index in [4.69, 9.17) is 5.73 Å². The first-order chi connectivity index (χ1) is 5.65. The number of hydrogen-bond donors (Lipinski definition) is 1. The van der Waals surface area contributed by atoms with E-state index in [0.717, 1.165) is 16.4 Å². The molecule has 3 nitrogen and oxygen atoms in total. The van der Waals surface area contributed by atoms with Gasteiger partial charge in [0, 0.05) is 12.0 Å². The summed E-state index contributed by atoms with van der Waals surface area (Å²) in [7, 11) is 0. The van der Waals surface area contributed by atoms with Crippen molar-refractivity contribution in [1.82, 2.24) is 10.2 Å². The zero-order valence-corrected chi connectivity index (χ0v) is 8.56. The van der Waals surface area contributed by atoms with E-state index >= 15 is 0 Å². The molecule has 1 aromatic rings. The van der Waals surface area contributed by atoms with Crippen molar-refractivity contribution in [3.05, 3.63) is 10.0 Å². The van der Waals surface area contributed by atoms with Gasteiger partial charge in [-0.15, -0.1) is 21.5 Å². The van der Waals surface area contributed by atoms with E-state index in [2.05, 4.69) is 17.1 Å². The molecular weight excluding hydrogens is 170 g/mol. The third kappa shape index (κ3) is 2.01. The van der Waals surface area contributed by atoms with E-state index in [-0.39, 0.29) is 6.04 Å². The summed E-state index contributed by atoms with van der Waals surface area (Å²) >= 11 is 1.65. The first kappa shape index (κ1) is 9.61. The zero-order chi connectivity index (χ0) is 9.14. The summed E-state index contributed by atoms with van der Waals surface area (Å²) < 4.78 is 0. The Labute approximate surface area is 77.0 Å². The van der Waals surface area contributed by atoms with Crippen molar-refractivity contribution in [2.24, 2.45) is 5.73 Å². The van der Waals surface area contributed by atoms with Gasteiger partial charge < -0.3 is 5.73 Å². The summed E-state index contributed by atoms with van der Waals surface area (Å²) in [5.74, 6) is 0.371. The summed E-state index contributed by atoms with van der Waals surface area (Å²) in [6.45, 7) is 6.12. The second-order valence-electron chi connectivity index (χ2n) is 3.03. The molecule has 2 atom stereocenters. The summed E-state index contributed by atoms with van der Waals surface area (Å²) in [5.41, 5.74) is 5.83. The maximum absolute atomic E-state index is 5.83. The molecule has 0 aliphatic rings. The number of hydrogen-bond acceptors (Lipinski definition) is 4. The number of aromatic nitrogens is 2. The first-order valence-corrected chi connectivity index (χ1v) is 5.02. The van der Waals surface area contributed by atoms with Gasteiger partial charge in [0.25, 0.3) is 0 Å². The van der Waals surface area contributed by atoms with Crippen LogP contribution in [-0.4, -0.2) is 16.2 Å². The van der Waals surface area contributed by atoms with Crippen molar-refractivity contribution in [3.63, 3.8) is 0 Å². The highest BCUT2D eigenvalue weighted by Gasteiger charge is 2.17. The third-order valence-electron chi connectivity index (χ3n) is 1.93. The van der Waals surface area contributed by atoms with Gasteiger partial charge in [-0.2, -0.15) is 0 Å². The molecule has 0 radical (unpaired) electrons. The number of nitrogens with zero attached hydrogens (tertiary/aromatic N) is 2. The molecule has 4 heteroatoms. The fraction of sp³-hybridized carbons (Fsp3) is 0.750. The first-order valence-electron chi connectivity index (χ1n) is 4.20. The second kappa shape index (κ2) is 3.96. The molecule has 0 aliphatic carbocycles. The van der Waals surface area contributed by atoms with Crippen molar-refractivity contribution in [2.45, 2.75) is 39.2 Å². The van der Waals surface area contributed by atoms with Crippen LogP contribution in [0.1, 0.15) is 36.2 Å². The standard InChI is InChI=1S/C8H15N3S/c1-4-7(5(2)9)8-11-10-6(3)12-8/h5,7H,4,9H2,1-3H3. The monoisotopic (exact) mass is 185 g/mol. The Kier molecular flexibility index (Phi) is 3.17. The van der Waals surface area contributed by atoms with Gasteiger partial charge in [-0.05, 0) is 20.3 Å². The minimum absolute atomic E-state index is 0.169. The normalized spacial score (nSPS) is 16.0. The van der Waals surface area contributed by atoms with Crippen LogP contribution in [0.3, 0.4) is 0 Å². The van der Waals surface area contributed by atoms with Gasteiger partial charge in [0.05, 0.1) is 0 Å². The van der Waals surface area contributed by atoms with Gasteiger partial charge >= 0.3 is 0 Å². The van der Waals surface area contributed by atoms with Crippen LogP contribution in [0.25, 0.3) is 0 Å². The number of aryl methyl sites for hydroxylation is 1. The highest BCUT2D eigenvalue weighted by molar-refractivity contribution is 7.11. The van der Waals surface area contributed by atoms with Crippen molar-refractivity contribution < 1.29 is 0 Å². The summed E-state index contributed by atoms with van der Waals surface area (Å²) in [4.78, 5) is 0. The molecule has 1 aromatic heterocycles. The van der Waals surface area contributed by atoms with E-state index in [0.29, 0.717) is 5.92 Å². The lowest BCUT2D eigenvalue weighted by molar-refractivity contribution is 0.546. The van der Waals surface area contributed by atoms with Crippen LogP contribution < -0.4 is 5.73 Å². The minimum atomic E-state index is 0.169. The molecule has 0 spiro atoms. The fourth-order valence-electron chi connectivity index (χ4n) is 1.23. The van der Waals surface area contributed by atoms with E-state index in [1.54, 1.807) is 11.3 Å². The van der Waals surface area contributed by atoms with Gasteiger partial charge in [-0.25, -0.2) is 0 Å². The molecule has 0 aliphatic heterocycles. The maximum Gasteiger partial charge on any atom is 0.122 e. The highest BCUT2D eigenvalue weighted by atomic mass is 32.1. The summed E-state index contributed by atoms with van der Waals surface area (Å²) in [6, 6.07) is 0.169. The molecule has 1 heterocycles. The molecule has 12 heavy (non-hydrogen) atoms. The molecule has 0 amide bonds. The molecular formula is C8H15N3S. The quantitative estimate of drug-likeness (QED) is 0.779. The van der Waals surface area contributed by atoms with Crippen LogP contribution in [-0.2, 0) is 0 Å². The van der Waals surface area contributed by atoms with Gasteiger partial charge in [0.1, 0.15) is 10.0 Å². The molecule has 2 N–H and O–H groups in total. The Balaban J connectivity index is 2.80. The van der Waals surface area contributed by atoms with Crippen LogP contribution in [0.15, 0.2) is 0 Å². The summed E-state index contributed by atoms with van der Waals surface area (Å²) in [6.07, 6.45) is 1.03. The Morgan fingerprint density at radius 1 is 1.50 bits per heavy atom.